The molecule has 0 saturated carbocycles. The maximum Gasteiger partial charge on any atom is 0.137 e. The van der Waals surface area contributed by atoms with Gasteiger partial charge in [0, 0.05) is 6.04 Å². The molecule has 18 heavy (non-hydrogen) atoms. The predicted octanol–water partition coefficient (Wildman–Crippen LogP) is 5.21. The highest BCUT2D eigenvalue weighted by molar-refractivity contribution is 9.10. The summed E-state index contributed by atoms with van der Waals surface area (Å²) in [6.07, 6.45) is 5.83. The zero-order valence-corrected chi connectivity index (χ0v) is 12.9. The fraction of sp³-hybridized carbons (Fsp3) is 0.600. The fourth-order valence-electron chi connectivity index (χ4n) is 2.03. The molecule has 0 aliphatic rings. The molecule has 0 heterocycles. The zero-order valence-electron chi connectivity index (χ0n) is 11.3. The summed E-state index contributed by atoms with van der Waals surface area (Å²) in [6, 6.07) is 5.72. The average molecular weight is 316 g/mol. The second kappa shape index (κ2) is 8.65. The van der Waals surface area contributed by atoms with Crippen LogP contribution < -0.4 is 5.32 Å². The second-order valence-electron chi connectivity index (χ2n) is 4.68. The van der Waals surface area contributed by atoms with Crippen molar-refractivity contribution < 1.29 is 4.39 Å². The molecular weight excluding hydrogens is 293 g/mol. The Balaban J connectivity index is 2.70. The van der Waals surface area contributed by atoms with E-state index in [-0.39, 0.29) is 11.9 Å². The van der Waals surface area contributed by atoms with Crippen molar-refractivity contribution >= 4 is 15.9 Å². The fourth-order valence-corrected chi connectivity index (χ4v) is 2.28. The van der Waals surface area contributed by atoms with Gasteiger partial charge in [-0.2, -0.15) is 0 Å². The summed E-state index contributed by atoms with van der Waals surface area (Å²) in [5, 5.41) is 3.51. The van der Waals surface area contributed by atoms with Crippen LogP contribution >= 0.6 is 15.9 Å². The van der Waals surface area contributed by atoms with Crippen LogP contribution in [-0.4, -0.2) is 6.54 Å². The Labute approximate surface area is 118 Å². The molecule has 1 unspecified atom stereocenters. The van der Waals surface area contributed by atoms with Crippen molar-refractivity contribution in [2.24, 2.45) is 0 Å². The second-order valence-corrected chi connectivity index (χ2v) is 5.53. The Hall–Kier alpha value is -0.410. The quantitative estimate of drug-likeness (QED) is 0.649. The normalized spacial score (nSPS) is 12.7. The van der Waals surface area contributed by atoms with E-state index in [0.29, 0.717) is 4.47 Å². The van der Waals surface area contributed by atoms with Gasteiger partial charge in [-0.15, -0.1) is 0 Å². The third-order valence-electron chi connectivity index (χ3n) is 3.08. The minimum Gasteiger partial charge on any atom is -0.310 e. The predicted molar refractivity (Wildman–Crippen MR) is 79.3 cm³/mol. The largest absolute Gasteiger partial charge is 0.310 e. The third-order valence-corrected chi connectivity index (χ3v) is 3.73. The van der Waals surface area contributed by atoms with E-state index >= 15 is 0 Å². The molecule has 0 radical (unpaired) electrons. The van der Waals surface area contributed by atoms with Gasteiger partial charge in [-0.05, 0) is 53.0 Å². The van der Waals surface area contributed by atoms with E-state index in [1.54, 1.807) is 12.1 Å². The van der Waals surface area contributed by atoms with Gasteiger partial charge >= 0.3 is 0 Å². The van der Waals surface area contributed by atoms with E-state index < -0.39 is 0 Å². The molecule has 3 heteroatoms. The van der Waals surface area contributed by atoms with Crippen molar-refractivity contribution in [2.45, 2.75) is 52.0 Å². The van der Waals surface area contributed by atoms with Crippen LogP contribution in [0, 0.1) is 5.82 Å². The molecule has 0 spiro atoms. The van der Waals surface area contributed by atoms with Gasteiger partial charge in [0.1, 0.15) is 5.82 Å². The smallest absolute Gasteiger partial charge is 0.137 e. The van der Waals surface area contributed by atoms with E-state index in [1.807, 2.05) is 6.07 Å². The number of hydrogen-bond donors (Lipinski definition) is 1. The van der Waals surface area contributed by atoms with E-state index in [0.717, 1.165) is 24.9 Å². The summed E-state index contributed by atoms with van der Waals surface area (Å²) in [7, 11) is 0. The summed E-state index contributed by atoms with van der Waals surface area (Å²) in [5.41, 5.74) is 1.06. The van der Waals surface area contributed by atoms with Gasteiger partial charge in [0.15, 0.2) is 0 Å². The summed E-state index contributed by atoms with van der Waals surface area (Å²) >= 11 is 3.20. The van der Waals surface area contributed by atoms with Crippen LogP contribution in [0.15, 0.2) is 22.7 Å². The first-order chi connectivity index (χ1) is 8.69. The van der Waals surface area contributed by atoms with Crippen LogP contribution in [0.1, 0.15) is 57.6 Å². The molecule has 1 aromatic rings. The Morgan fingerprint density at radius 1 is 1.22 bits per heavy atom. The number of nitrogens with one attached hydrogen (secondary N) is 1. The third kappa shape index (κ3) is 5.07. The highest BCUT2D eigenvalue weighted by Gasteiger charge is 2.12. The van der Waals surface area contributed by atoms with Crippen LogP contribution in [-0.2, 0) is 0 Å². The Kier molecular flexibility index (Phi) is 7.52. The van der Waals surface area contributed by atoms with Gasteiger partial charge in [0.2, 0.25) is 0 Å². The summed E-state index contributed by atoms with van der Waals surface area (Å²) in [6.45, 7) is 5.33. The lowest BCUT2D eigenvalue weighted by Crippen LogP contribution is -2.22. The summed E-state index contributed by atoms with van der Waals surface area (Å²) < 4.78 is 14.1. The zero-order chi connectivity index (χ0) is 13.4. The molecule has 1 nitrogen and oxygen atoms in total. The SMILES string of the molecule is CCCCCC(NCCC)c1ccc(Br)c(F)c1. The average Bonchev–Trinajstić information content (AvgIpc) is 2.37. The summed E-state index contributed by atoms with van der Waals surface area (Å²) in [4.78, 5) is 0. The first-order valence-corrected chi connectivity index (χ1v) is 7.66. The molecule has 102 valence electrons. The van der Waals surface area contributed by atoms with E-state index in [2.05, 4.69) is 35.1 Å². The molecule has 1 aromatic carbocycles. The number of unbranched alkanes of at least 4 members (excludes halogenated alkanes) is 2. The Morgan fingerprint density at radius 2 is 2.00 bits per heavy atom. The standard InChI is InChI=1S/C15H23BrFN/c1-3-5-6-7-15(18-10-4-2)12-8-9-13(16)14(17)11-12/h8-9,11,15,18H,3-7,10H2,1-2H3. The summed E-state index contributed by atoms with van der Waals surface area (Å²) in [5.74, 6) is -0.175. The molecule has 1 N–H and O–H groups in total. The lowest BCUT2D eigenvalue weighted by molar-refractivity contribution is 0.471. The Morgan fingerprint density at radius 3 is 2.61 bits per heavy atom. The first kappa shape index (κ1) is 15.6. The topological polar surface area (TPSA) is 12.0 Å². The van der Waals surface area contributed by atoms with Gasteiger partial charge < -0.3 is 5.32 Å². The molecule has 1 rings (SSSR count). The monoisotopic (exact) mass is 315 g/mol. The lowest BCUT2D eigenvalue weighted by atomic mass is 10.00. The number of halogens is 2. The maximum atomic E-state index is 13.6. The van der Waals surface area contributed by atoms with Gasteiger partial charge in [0.05, 0.1) is 4.47 Å². The minimum absolute atomic E-state index is 0.175. The molecular formula is C15H23BrFN. The van der Waals surface area contributed by atoms with Gasteiger partial charge in [-0.3, -0.25) is 0 Å². The molecule has 0 fully saturated rings. The Bertz CT molecular complexity index is 354. The highest BCUT2D eigenvalue weighted by Crippen LogP contribution is 2.24. The molecule has 0 amide bonds. The van der Waals surface area contributed by atoms with Gasteiger partial charge in [-0.1, -0.05) is 39.2 Å². The van der Waals surface area contributed by atoms with E-state index in [9.17, 15) is 4.39 Å². The van der Waals surface area contributed by atoms with Crippen molar-refractivity contribution in [3.63, 3.8) is 0 Å². The molecule has 0 saturated heterocycles. The van der Waals surface area contributed by atoms with Gasteiger partial charge in [0.25, 0.3) is 0 Å². The minimum atomic E-state index is -0.175. The van der Waals surface area contributed by atoms with Crippen LogP contribution in [0.3, 0.4) is 0 Å². The molecule has 0 aliphatic carbocycles. The van der Waals surface area contributed by atoms with Crippen molar-refractivity contribution in [1.82, 2.24) is 5.32 Å². The number of benzene rings is 1. The van der Waals surface area contributed by atoms with Crippen molar-refractivity contribution in [3.8, 4) is 0 Å². The maximum absolute atomic E-state index is 13.6. The molecule has 0 bridgehead atoms. The van der Waals surface area contributed by atoms with E-state index in [4.69, 9.17) is 0 Å². The van der Waals surface area contributed by atoms with Crippen molar-refractivity contribution in [3.05, 3.63) is 34.1 Å². The van der Waals surface area contributed by atoms with Crippen LogP contribution in [0.2, 0.25) is 0 Å². The van der Waals surface area contributed by atoms with Crippen molar-refractivity contribution in [2.75, 3.05) is 6.54 Å². The van der Waals surface area contributed by atoms with Crippen molar-refractivity contribution in [1.29, 1.82) is 0 Å². The van der Waals surface area contributed by atoms with E-state index in [1.165, 1.54) is 19.3 Å². The lowest BCUT2D eigenvalue weighted by Gasteiger charge is -2.19. The number of rotatable bonds is 8. The van der Waals surface area contributed by atoms with Crippen LogP contribution in [0.4, 0.5) is 4.39 Å². The molecule has 0 aromatic heterocycles. The molecule has 1 atom stereocenters. The molecule has 0 aliphatic heterocycles. The first-order valence-electron chi connectivity index (χ1n) is 6.87. The number of hydrogen-bond acceptors (Lipinski definition) is 1. The van der Waals surface area contributed by atoms with Crippen LogP contribution in [0.25, 0.3) is 0 Å². The van der Waals surface area contributed by atoms with Gasteiger partial charge in [-0.25, -0.2) is 4.39 Å². The van der Waals surface area contributed by atoms with Crippen LogP contribution in [0.5, 0.6) is 0 Å². The highest BCUT2D eigenvalue weighted by atomic mass is 79.9.